The first-order valence-electron chi connectivity index (χ1n) is 10.8. The number of nitriles is 1. The smallest absolute Gasteiger partial charge is 0.242 e. The molecule has 4 rings (SSSR count). The number of halogens is 1. The lowest BCUT2D eigenvalue weighted by atomic mass is 9.97. The molecule has 0 unspecified atom stereocenters. The van der Waals surface area contributed by atoms with Crippen molar-refractivity contribution in [3.8, 4) is 17.2 Å². The van der Waals surface area contributed by atoms with Gasteiger partial charge in [-0.15, -0.1) is 0 Å². The maximum atomic E-state index is 14.3. The Bertz CT molecular complexity index is 1570. The Morgan fingerprint density at radius 1 is 1.19 bits per heavy atom. The highest BCUT2D eigenvalue weighted by molar-refractivity contribution is 7.89. The molecule has 0 radical (unpaired) electrons. The van der Waals surface area contributed by atoms with Gasteiger partial charge < -0.3 is 16.2 Å². The van der Waals surface area contributed by atoms with Crippen LogP contribution in [0.4, 0.5) is 16.0 Å². The molecule has 0 bridgehead atoms. The number of aliphatic hydroxyl groups is 1. The molecule has 0 saturated carbocycles. The van der Waals surface area contributed by atoms with E-state index in [4.69, 9.17) is 10.7 Å². The molecule has 0 fully saturated rings. The van der Waals surface area contributed by atoms with Crippen molar-refractivity contribution in [1.29, 1.82) is 5.26 Å². The van der Waals surface area contributed by atoms with Gasteiger partial charge >= 0.3 is 0 Å². The molecule has 5 N–H and O–H groups in total. The van der Waals surface area contributed by atoms with Crippen molar-refractivity contribution < 1.29 is 17.9 Å². The third-order valence-electron chi connectivity index (χ3n) is 5.41. The van der Waals surface area contributed by atoms with Crippen LogP contribution in [-0.2, 0) is 10.0 Å². The quantitative estimate of drug-likeness (QED) is 0.280. The molecule has 0 amide bonds. The van der Waals surface area contributed by atoms with Gasteiger partial charge in [-0.25, -0.2) is 32.5 Å². The van der Waals surface area contributed by atoms with E-state index < -0.39 is 28.5 Å². The number of nitrogens with zero attached hydrogens (tertiary/aromatic N) is 4. The Morgan fingerprint density at radius 3 is 2.64 bits per heavy atom. The summed E-state index contributed by atoms with van der Waals surface area (Å²) in [4.78, 5) is 12.4. The van der Waals surface area contributed by atoms with E-state index >= 15 is 0 Å². The Balaban J connectivity index is 2.03. The molecule has 0 aliphatic rings. The highest BCUT2D eigenvalue weighted by Crippen LogP contribution is 2.39. The number of nitrogen functional groups attached to an aromatic ring is 1. The SMILES string of the molecule is C[C@H](Nc1ncnc(N)c1C#N)c1nc2ccc(F)cc2c(S(=O)(=O)NCCO)c1-c1ccccc1. The third kappa shape index (κ3) is 4.80. The highest BCUT2D eigenvalue weighted by atomic mass is 32.2. The second kappa shape index (κ2) is 10.2. The molecule has 0 saturated heterocycles. The van der Waals surface area contributed by atoms with Crippen molar-refractivity contribution in [2.45, 2.75) is 17.9 Å². The number of hydrogen-bond acceptors (Lipinski definition) is 9. The molecule has 0 aliphatic carbocycles. The molecule has 184 valence electrons. The van der Waals surface area contributed by atoms with Crippen LogP contribution in [0.15, 0.2) is 59.8 Å². The van der Waals surface area contributed by atoms with Gasteiger partial charge in [0.2, 0.25) is 10.0 Å². The molecule has 2 heterocycles. The highest BCUT2D eigenvalue weighted by Gasteiger charge is 2.29. The van der Waals surface area contributed by atoms with Gasteiger partial charge in [0.05, 0.1) is 23.9 Å². The number of pyridine rings is 1. The van der Waals surface area contributed by atoms with E-state index in [0.717, 1.165) is 6.07 Å². The number of fused-ring (bicyclic) bond motifs is 1. The van der Waals surface area contributed by atoms with Gasteiger partial charge in [-0.05, 0) is 30.7 Å². The maximum absolute atomic E-state index is 14.3. The standard InChI is InChI=1S/C24H22FN7O3S/c1-14(31-24-18(12-26)23(27)28-13-29-24)21-20(15-5-3-2-4-6-15)22(36(34,35)30-9-10-33)17-11-16(25)7-8-19(17)32-21/h2-8,11,13-14,30,33H,9-10H2,1H3,(H3,27,28,29,31)/t14-/m0/s1. The number of aliphatic hydroxyl groups excluding tert-OH is 1. The van der Waals surface area contributed by atoms with Crippen LogP contribution < -0.4 is 15.8 Å². The summed E-state index contributed by atoms with van der Waals surface area (Å²) in [6, 6.07) is 13.7. The molecule has 0 aliphatic heterocycles. The van der Waals surface area contributed by atoms with Gasteiger partial charge in [0.1, 0.15) is 40.3 Å². The van der Waals surface area contributed by atoms with Crippen molar-refractivity contribution in [3.05, 3.63) is 71.9 Å². The lowest BCUT2D eigenvalue weighted by Gasteiger charge is -2.23. The van der Waals surface area contributed by atoms with Gasteiger partial charge in [0.15, 0.2) is 0 Å². The van der Waals surface area contributed by atoms with Crippen LogP contribution in [0.3, 0.4) is 0 Å². The van der Waals surface area contributed by atoms with Crippen LogP contribution in [0.5, 0.6) is 0 Å². The second-order valence-electron chi connectivity index (χ2n) is 7.81. The van der Waals surface area contributed by atoms with Crippen LogP contribution in [0, 0.1) is 17.1 Å². The van der Waals surface area contributed by atoms with E-state index in [2.05, 4.69) is 20.0 Å². The van der Waals surface area contributed by atoms with Crippen LogP contribution in [0.2, 0.25) is 0 Å². The fourth-order valence-corrected chi connectivity index (χ4v) is 5.29. The summed E-state index contributed by atoms with van der Waals surface area (Å²) in [6.07, 6.45) is 1.20. The number of aromatic nitrogens is 3. The molecule has 36 heavy (non-hydrogen) atoms. The van der Waals surface area contributed by atoms with Gasteiger partial charge in [-0.1, -0.05) is 30.3 Å². The third-order valence-corrected chi connectivity index (χ3v) is 6.96. The second-order valence-corrected chi connectivity index (χ2v) is 9.51. The van der Waals surface area contributed by atoms with Crippen LogP contribution >= 0.6 is 0 Å². The number of sulfonamides is 1. The lowest BCUT2D eigenvalue weighted by Crippen LogP contribution is -2.28. The topological polar surface area (TPSA) is 167 Å². The van der Waals surface area contributed by atoms with Gasteiger partial charge in [0.25, 0.3) is 0 Å². The lowest BCUT2D eigenvalue weighted by molar-refractivity contribution is 0.301. The molecule has 0 spiro atoms. The van der Waals surface area contributed by atoms with Crippen molar-refractivity contribution in [2.24, 2.45) is 0 Å². The molecule has 1 atom stereocenters. The predicted molar refractivity (Wildman–Crippen MR) is 133 cm³/mol. The summed E-state index contributed by atoms with van der Waals surface area (Å²) >= 11 is 0. The summed E-state index contributed by atoms with van der Waals surface area (Å²) in [6.45, 7) is 1.07. The molecule has 10 nitrogen and oxygen atoms in total. The zero-order valence-electron chi connectivity index (χ0n) is 19.1. The number of hydrogen-bond donors (Lipinski definition) is 4. The van der Waals surface area contributed by atoms with Crippen molar-refractivity contribution >= 4 is 32.6 Å². The fraction of sp³-hybridized carbons (Fsp3) is 0.167. The van der Waals surface area contributed by atoms with E-state index in [1.807, 2.05) is 6.07 Å². The van der Waals surface area contributed by atoms with E-state index in [1.54, 1.807) is 37.3 Å². The van der Waals surface area contributed by atoms with Crippen molar-refractivity contribution in [1.82, 2.24) is 19.7 Å². The molecule has 4 aromatic rings. The number of anilines is 2. The van der Waals surface area contributed by atoms with Crippen LogP contribution in [-0.4, -0.2) is 41.6 Å². The number of rotatable bonds is 8. The monoisotopic (exact) mass is 507 g/mol. The summed E-state index contributed by atoms with van der Waals surface area (Å²) in [5, 5.41) is 21.9. The Hall–Kier alpha value is -4.18. The van der Waals surface area contributed by atoms with Crippen molar-refractivity contribution in [3.63, 3.8) is 0 Å². The van der Waals surface area contributed by atoms with E-state index in [9.17, 15) is 23.2 Å². The summed E-state index contributed by atoms with van der Waals surface area (Å²) in [5.74, 6) is -0.486. The Kier molecular flexibility index (Phi) is 7.07. The summed E-state index contributed by atoms with van der Waals surface area (Å²) < 4.78 is 43.7. The Labute approximate surface area is 206 Å². The van der Waals surface area contributed by atoms with Crippen LogP contribution in [0.1, 0.15) is 24.2 Å². The normalized spacial score (nSPS) is 12.3. The average molecular weight is 508 g/mol. The van der Waals surface area contributed by atoms with Gasteiger partial charge in [-0.3, -0.25) is 0 Å². The molecule has 12 heteroatoms. The molecular weight excluding hydrogens is 485 g/mol. The largest absolute Gasteiger partial charge is 0.395 e. The minimum atomic E-state index is -4.24. The van der Waals surface area contributed by atoms with E-state index in [-0.39, 0.29) is 45.1 Å². The fourth-order valence-electron chi connectivity index (χ4n) is 3.85. The number of benzene rings is 2. The van der Waals surface area contributed by atoms with E-state index in [1.165, 1.54) is 18.5 Å². The minimum Gasteiger partial charge on any atom is -0.395 e. The van der Waals surface area contributed by atoms with Gasteiger partial charge in [0, 0.05) is 17.5 Å². The first-order valence-corrected chi connectivity index (χ1v) is 12.3. The molecule has 2 aromatic carbocycles. The van der Waals surface area contributed by atoms with Crippen molar-refractivity contribution in [2.75, 3.05) is 24.2 Å². The summed E-state index contributed by atoms with van der Waals surface area (Å²) in [5.41, 5.74) is 7.15. The Morgan fingerprint density at radius 2 is 1.94 bits per heavy atom. The molecule has 2 aromatic heterocycles. The number of nitrogens with one attached hydrogen (secondary N) is 2. The summed E-state index contributed by atoms with van der Waals surface area (Å²) in [7, 11) is -4.24. The average Bonchev–Trinajstić information content (AvgIpc) is 2.87. The molecular formula is C24H22FN7O3S. The maximum Gasteiger partial charge on any atom is 0.242 e. The number of nitrogens with two attached hydrogens (primary N) is 1. The zero-order valence-corrected chi connectivity index (χ0v) is 19.9. The van der Waals surface area contributed by atoms with Crippen LogP contribution in [0.25, 0.3) is 22.0 Å². The first-order chi connectivity index (χ1) is 17.3. The zero-order chi connectivity index (χ0) is 25.9. The van der Waals surface area contributed by atoms with Gasteiger partial charge in [-0.2, -0.15) is 5.26 Å². The predicted octanol–water partition coefficient (Wildman–Crippen LogP) is 2.73. The first kappa shape index (κ1) is 24.9. The minimum absolute atomic E-state index is 0.0103. The van der Waals surface area contributed by atoms with E-state index in [0.29, 0.717) is 11.3 Å².